The van der Waals surface area contributed by atoms with Crippen LogP contribution >= 0.6 is 43.2 Å². The van der Waals surface area contributed by atoms with Gasteiger partial charge in [-0.25, -0.2) is 5.43 Å². The number of hydrogen-bond acceptors (Lipinski definition) is 7. The molecule has 0 saturated carbocycles. The van der Waals surface area contributed by atoms with Crippen molar-refractivity contribution in [1.82, 2.24) is 5.43 Å². The van der Waals surface area contributed by atoms with Gasteiger partial charge in [-0.2, -0.15) is 10.4 Å². The molecule has 0 spiro atoms. The second-order valence-corrected chi connectivity index (χ2v) is 9.95. The van der Waals surface area contributed by atoms with Gasteiger partial charge in [-0.15, -0.1) is 11.3 Å². The van der Waals surface area contributed by atoms with Crippen molar-refractivity contribution in [2.24, 2.45) is 5.10 Å². The Morgan fingerprint density at radius 2 is 1.91 bits per heavy atom. The number of ether oxygens (including phenoxy) is 1. The lowest BCUT2D eigenvalue weighted by atomic mass is 10.1. The molecule has 0 saturated heterocycles. The molecule has 0 aliphatic rings. The molecule has 4 aromatic rings. The Kier molecular flexibility index (Phi) is 7.55. The predicted octanol–water partition coefficient (Wildman–Crippen LogP) is 6.55. The van der Waals surface area contributed by atoms with Crippen molar-refractivity contribution in [2.75, 3.05) is 0 Å². The van der Waals surface area contributed by atoms with Gasteiger partial charge in [0, 0.05) is 27.8 Å². The second-order valence-electron chi connectivity index (χ2n) is 7.16. The van der Waals surface area contributed by atoms with Gasteiger partial charge < -0.3 is 4.74 Å². The molecule has 1 amide bonds. The van der Waals surface area contributed by atoms with Crippen molar-refractivity contribution < 1.29 is 14.5 Å². The molecule has 3 aromatic carbocycles. The predicted molar refractivity (Wildman–Crippen MR) is 141 cm³/mol. The van der Waals surface area contributed by atoms with Crippen LogP contribution in [0.4, 0.5) is 5.69 Å². The number of nitriles is 1. The lowest BCUT2D eigenvalue weighted by molar-refractivity contribution is -0.384. The third-order valence-electron chi connectivity index (χ3n) is 4.84. The molecule has 174 valence electrons. The maximum Gasteiger partial charge on any atom is 0.281 e. The van der Waals surface area contributed by atoms with Crippen LogP contribution in [0, 0.1) is 21.4 Å². The summed E-state index contributed by atoms with van der Waals surface area (Å²) < 4.78 is 8.01. The zero-order valence-electron chi connectivity index (χ0n) is 17.7. The van der Waals surface area contributed by atoms with E-state index in [-0.39, 0.29) is 12.3 Å². The third kappa shape index (κ3) is 5.74. The summed E-state index contributed by atoms with van der Waals surface area (Å²) in [5, 5.41) is 24.8. The maximum absolute atomic E-state index is 12.5. The summed E-state index contributed by atoms with van der Waals surface area (Å²) in [5.74, 6) is 0.151. The Labute approximate surface area is 220 Å². The van der Waals surface area contributed by atoms with Crippen LogP contribution in [0.5, 0.6) is 5.75 Å². The van der Waals surface area contributed by atoms with Gasteiger partial charge in [0.25, 0.3) is 11.6 Å². The van der Waals surface area contributed by atoms with Crippen LogP contribution in [-0.4, -0.2) is 17.0 Å². The summed E-state index contributed by atoms with van der Waals surface area (Å²) in [5.41, 5.74) is 4.47. The molecule has 11 heteroatoms. The van der Waals surface area contributed by atoms with Crippen LogP contribution in [0.3, 0.4) is 0 Å². The summed E-state index contributed by atoms with van der Waals surface area (Å²) in [6.45, 7) is 0.225. The number of thiophene rings is 1. The number of carbonyl (C=O) groups excluding carboxylic acids is 1. The molecule has 0 atom stereocenters. The van der Waals surface area contributed by atoms with Gasteiger partial charge in [0.05, 0.1) is 36.6 Å². The fourth-order valence-corrected chi connectivity index (χ4v) is 5.56. The molecule has 0 fully saturated rings. The Morgan fingerprint density at radius 1 is 1.17 bits per heavy atom. The number of nitro benzene ring substituents is 1. The van der Waals surface area contributed by atoms with Crippen LogP contribution in [0.15, 0.2) is 74.7 Å². The molecule has 0 aliphatic heterocycles. The van der Waals surface area contributed by atoms with E-state index in [9.17, 15) is 20.2 Å². The molecule has 0 aliphatic carbocycles. The number of fused-ring (bicyclic) bond motifs is 1. The number of nitrogens with one attached hydrogen (secondary N) is 1. The summed E-state index contributed by atoms with van der Waals surface area (Å²) in [4.78, 5) is 23.3. The molecule has 4 rings (SSSR count). The van der Waals surface area contributed by atoms with Gasteiger partial charge in [0.15, 0.2) is 0 Å². The van der Waals surface area contributed by atoms with Crippen LogP contribution < -0.4 is 10.2 Å². The number of nitro groups is 1. The number of hydrazone groups is 1. The van der Waals surface area contributed by atoms with Crippen molar-refractivity contribution in [2.45, 2.75) is 6.61 Å². The van der Waals surface area contributed by atoms with E-state index in [4.69, 9.17) is 4.74 Å². The van der Waals surface area contributed by atoms with Crippen molar-refractivity contribution in [3.05, 3.63) is 101 Å². The summed E-state index contributed by atoms with van der Waals surface area (Å²) >= 11 is 8.19. The highest BCUT2D eigenvalue weighted by Crippen LogP contribution is 2.35. The highest BCUT2D eigenvalue weighted by molar-refractivity contribution is 9.11. The number of amides is 1. The van der Waals surface area contributed by atoms with E-state index in [1.54, 1.807) is 36.4 Å². The van der Waals surface area contributed by atoms with Crippen LogP contribution in [-0.2, 0) is 6.61 Å². The SMILES string of the molecule is N#Cc1ccccc1COc1c(Br)cc(/C=N\NC(=O)c2cc3cc([N+](=O)[O-])ccc3s2)cc1Br. The minimum absolute atomic E-state index is 0.0295. The monoisotopic (exact) mass is 612 g/mol. The number of rotatable bonds is 7. The molecule has 0 radical (unpaired) electrons. The normalized spacial score (nSPS) is 10.9. The minimum atomic E-state index is -0.473. The first kappa shape index (κ1) is 24.5. The van der Waals surface area contributed by atoms with E-state index >= 15 is 0 Å². The van der Waals surface area contributed by atoms with Crippen molar-refractivity contribution in [3.63, 3.8) is 0 Å². The fourth-order valence-electron chi connectivity index (χ4n) is 3.17. The third-order valence-corrected chi connectivity index (χ3v) is 7.14. The van der Waals surface area contributed by atoms with Crippen LogP contribution in [0.25, 0.3) is 10.1 Å². The van der Waals surface area contributed by atoms with Gasteiger partial charge in [-0.1, -0.05) is 18.2 Å². The van der Waals surface area contributed by atoms with E-state index in [2.05, 4.69) is 48.5 Å². The van der Waals surface area contributed by atoms with E-state index in [1.807, 2.05) is 12.1 Å². The van der Waals surface area contributed by atoms with E-state index in [0.717, 1.165) is 10.3 Å². The summed E-state index contributed by atoms with van der Waals surface area (Å²) in [6, 6.07) is 19.0. The smallest absolute Gasteiger partial charge is 0.281 e. The molecule has 1 aromatic heterocycles. The van der Waals surface area contributed by atoms with Gasteiger partial charge in [0.1, 0.15) is 12.4 Å². The molecular formula is C24H14Br2N4O4S. The molecule has 8 nitrogen and oxygen atoms in total. The van der Waals surface area contributed by atoms with Gasteiger partial charge in [-0.05, 0) is 67.8 Å². The molecular weight excluding hydrogens is 600 g/mol. The molecule has 35 heavy (non-hydrogen) atoms. The maximum atomic E-state index is 12.5. The zero-order chi connectivity index (χ0) is 24.9. The standard InChI is InChI=1S/C24H14Br2N4O4S/c25-19-7-14(8-20(26)23(19)34-13-16-4-2-1-3-15(16)11-27)12-28-29-24(31)22-10-17-9-18(30(32)33)5-6-21(17)35-22/h1-10,12H,13H2,(H,29,31)/b28-12-. The van der Waals surface area contributed by atoms with Crippen molar-refractivity contribution in [1.29, 1.82) is 5.26 Å². The summed E-state index contributed by atoms with van der Waals surface area (Å²) in [6.07, 6.45) is 1.49. The van der Waals surface area contributed by atoms with Gasteiger partial charge >= 0.3 is 0 Å². The number of hydrogen-bond donors (Lipinski definition) is 1. The largest absolute Gasteiger partial charge is 0.486 e. The lowest BCUT2D eigenvalue weighted by Crippen LogP contribution is -2.16. The highest BCUT2D eigenvalue weighted by Gasteiger charge is 2.14. The highest BCUT2D eigenvalue weighted by atomic mass is 79.9. The zero-order valence-corrected chi connectivity index (χ0v) is 21.7. The van der Waals surface area contributed by atoms with Gasteiger partial charge in [0.2, 0.25) is 0 Å². The lowest BCUT2D eigenvalue weighted by Gasteiger charge is -2.12. The fraction of sp³-hybridized carbons (Fsp3) is 0.0417. The molecule has 0 unspecified atom stereocenters. The number of non-ortho nitro benzene ring substituents is 1. The summed E-state index contributed by atoms with van der Waals surface area (Å²) in [7, 11) is 0. The topological polar surface area (TPSA) is 118 Å². The second kappa shape index (κ2) is 10.8. The number of benzene rings is 3. The van der Waals surface area contributed by atoms with E-state index < -0.39 is 10.8 Å². The first-order valence-electron chi connectivity index (χ1n) is 9.97. The van der Waals surface area contributed by atoms with Crippen molar-refractivity contribution in [3.8, 4) is 11.8 Å². The number of carbonyl (C=O) groups is 1. The Balaban J connectivity index is 1.43. The molecule has 0 bridgehead atoms. The number of nitrogens with zero attached hydrogens (tertiary/aromatic N) is 3. The molecule has 1 heterocycles. The molecule has 1 N–H and O–H groups in total. The van der Waals surface area contributed by atoms with E-state index in [1.165, 1.54) is 29.7 Å². The van der Waals surface area contributed by atoms with Crippen LogP contribution in [0.1, 0.15) is 26.4 Å². The van der Waals surface area contributed by atoms with Gasteiger partial charge in [-0.3, -0.25) is 14.9 Å². The average Bonchev–Trinajstić information content (AvgIpc) is 3.27. The first-order valence-corrected chi connectivity index (χ1v) is 12.4. The Hall–Kier alpha value is -3.59. The quantitative estimate of drug-likeness (QED) is 0.144. The average molecular weight is 614 g/mol. The Morgan fingerprint density at radius 3 is 2.63 bits per heavy atom. The minimum Gasteiger partial charge on any atom is -0.486 e. The van der Waals surface area contributed by atoms with E-state index in [0.29, 0.717) is 36.1 Å². The number of halogens is 2. The first-order chi connectivity index (χ1) is 16.9. The van der Waals surface area contributed by atoms with Crippen molar-refractivity contribution >= 4 is 71.1 Å². The Bertz CT molecular complexity index is 1500. The van der Waals surface area contributed by atoms with Crippen LogP contribution in [0.2, 0.25) is 0 Å².